The zero-order valence-electron chi connectivity index (χ0n) is 8.52. The van der Waals surface area contributed by atoms with Crippen molar-refractivity contribution in [3.63, 3.8) is 0 Å². The topological polar surface area (TPSA) is 81.0 Å². The molecule has 0 unspecified atom stereocenters. The van der Waals surface area contributed by atoms with E-state index in [1.54, 1.807) is 0 Å². The molecule has 1 aromatic heterocycles. The second-order valence-corrected chi connectivity index (χ2v) is 4.15. The second kappa shape index (κ2) is 4.61. The first-order chi connectivity index (χ1) is 7.68. The van der Waals surface area contributed by atoms with Gasteiger partial charge in [0, 0.05) is 6.54 Å². The maximum Gasteiger partial charge on any atom is 0.348 e. The van der Waals surface area contributed by atoms with Crippen LogP contribution in [0.3, 0.4) is 0 Å². The Kier molecular flexibility index (Phi) is 3.19. The molecule has 1 aliphatic rings. The summed E-state index contributed by atoms with van der Waals surface area (Å²) in [5.74, 6) is 0.797. The number of rotatable bonds is 4. The summed E-state index contributed by atoms with van der Waals surface area (Å²) in [5.41, 5.74) is -0.247. The summed E-state index contributed by atoms with van der Waals surface area (Å²) in [5, 5.41) is 13.6. The van der Waals surface area contributed by atoms with Crippen molar-refractivity contribution in [2.45, 2.75) is 19.3 Å². The minimum atomic E-state index is -0.564. The van der Waals surface area contributed by atoms with Crippen LogP contribution in [0.2, 0.25) is 5.15 Å². The van der Waals surface area contributed by atoms with Gasteiger partial charge >= 0.3 is 5.69 Å². The average Bonchev–Trinajstić information content (AvgIpc) is 2.14. The molecule has 0 amide bonds. The maximum absolute atomic E-state index is 10.8. The number of hydrogen-bond acceptors (Lipinski definition) is 5. The molecule has 0 spiro atoms. The third kappa shape index (κ3) is 2.21. The molecule has 2 rings (SSSR count). The van der Waals surface area contributed by atoms with Gasteiger partial charge in [0.1, 0.15) is 6.33 Å². The van der Waals surface area contributed by atoms with Crippen LogP contribution in [-0.2, 0) is 0 Å². The summed E-state index contributed by atoms with van der Waals surface area (Å²) in [6.07, 6.45) is 4.79. The van der Waals surface area contributed by atoms with Crippen LogP contribution in [0.15, 0.2) is 6.33 Å². The van der Waals surface area contributed by atoms with Crippen molar-refractivity contribution in [2.24, 2.45) is 5.92 Å². The van der Waals surface area contributed by atoms with Crippen molar-refractivity contribution < 1.29 is 4.92 Å². The quantitative estimate of drug-likeness (QED) is 0.498. The largest absolute Gasteiger partial charge is 0.364 e. The molecule has 7 heteroatoms. The zero-order chi connectivity index (χ0) is 11.5. The molecular weight excluding hydrogens is 232 g/mol. The SMILES string of the molecule is O=[N+]([O-])c1c(Cl)ncnc1NCC1CCC1. The summed E-state index contributed by atoms with van der Waals surface area (Å²) in [7, 11) is 0. The third-order valence-corrected chi connectivity index (χ3v) is 3.02. The van der Waals surface area contributed by atoms with Gasteiger partial charge in [-0.2, -0.15) is 0 Å². The minimum Gasteiger partial charge on any atom is -0.364 e. The van der Waals surface area contributed by atoms with Crippen LogP contribution in [0.1, 0.15) is 19.3 Å². The van der Waals surface area contributed by atoms with Crippen molar-refractivity contribution >= 4 is 23.1 Å². The highest BCUT2D eigenvalue weighted by Gasteiger charge is 2.23. The molecule has 1 N–H and O–H groups in total. The van der Waals surface area contributed by atoms with Crippen molar-refractivity contribution in [3.05, 3.63) is 21.6 Å². The third-order valence-electron chi connectivity index (χ3n) is 2.74. The van der Waals surface area contributed by atoms with Crippen LogP contribution in [0.4, 0.5) is 11.5 Å². The maximum atomic E-state index is 10.8. The predicted octanol–water partition coefficient (Wildman–Crippen LogP) is 2.25. The van der Waals surface area contributed by atoms with E-state index < -0.39 is 4.92 Å². The molecule has 0 atom stereocenters. The van der Waals surface area contributed by atoms with Crippen LogP contribution in [0.5, 0.6) is 0 Å². The Morgan fingerprint density at radius 1 is 1.56 bits per heavy atom. The Balaban J connectivity index is 2.12. The Labute approximate surface area is 97.2 Å². The number of nitrogens with zero attached hydrogens (tertiary/aromatic N) is 3. The molecule has 1 saturated carbocycles. The van der Waals surface area contributed by atoms with E-state index in [1.807, 2.05) is 0 Å². The van der Waals surface area contributed by atoms with Crippen LogP contribution >= 0.6 is 11.6 Å². The van der Waals surface area contributed by atoms with Gasteiger partial charge in [0.15, 0.2) is 0 Å². The molecule has 1 aromatic rings. The molecular formula is C9H11ClN4O2. The lowest BCUT2D eigenvalue weighted by molar-refractivity contribution is -0.384. The van der Waals surface area contributed by atoms with E-state index in [0.717, 1.165) is 0 Å². The lowest BCUT2D eigenvalue weighted by Crippen LogP contribution is -2.21. The smallest absolute Gasteiger partial charge is 0.348 e. The first-order valence-electron chi connectivity index (χ1n) is 5.07. The number of nitro groups is 1. The van der Waals surface area contributed by atoms with E-state index in [1.165, 1.54) is 25.6 Å². The van der Waals surface area contributed by atoms with Gasteiger partial charge in [-0.05, 0) is 18.8 Å². The molecule has 1 heterocycles. The summed E-state index contributed by atoms with van der Waals surface area (Å²) in [4.78, 5) is 17.6. The van der Waals surface area contributed by atoms with Gasteiger partial charge in [0.05, 0.1) is 4.92 Å². The van der Waals surface area contributed by atoms with Gasteiger partial charge in [-0.25, -0.2) is 9.97 Å². The lowest BCUT2D eigenvalue weighted by Gasteiger charge is -2.25. The zero-order valence-corrected chi connectivity index (χ0v) is 9.28. The van der Waals surface area contributed by atoms with Crippen molar-refractivity contribution in [3.8, 4) is 0 Å². The molecule has 1 fully saturated rings. The summed E-state index contributed by atoms with van der Waals surface area (Å²) < 4.78 is 0. The number of anilines is 1. The van der Waals surface area contributed by atoms with E-state index >= 15 is 0 Å². The molecule has 6 nitrogen and oxygen atoms in total. The Bertz CT molecular complexity index is 408. The highest BCUT2D eigenvalue weighted by atomic mass is 35.5. The first-order valence-corrected chi connectivity index (χ1v) is 5.45. The first kappa shape index (κ1) is 11.1. The molecule has 0 bridgehead atoms. The molecule has 1 aliphatic carbocycles. The Morgan fingerprint density at radius 2 is 2.31 bits per heavy atom. The molecule has 16 heavy (non-hydrogen) atoms. The van der Waals surface area contributed by atoms with Crippen molar-refractivity contribution in [1.29, 1.82) is 0 Å². The minimum absolute atomic E-state index is 0.129. The van der Waals surface area contributed by atoms with E-state index in [9.17, 15) is 10.1 Å². The van der Waals surface area contributed by atoms with Crippen molar-refractivity contribution in [2.75, 3.05) is 11.9 Å². The van der Waals surface area contributed by atoms with Gasteiger partial charge < -0.3 is 5.32 Å². The van der Waals surface area contributed by atoms with Gasteiger partial charge in [-0.3, -0.25) is 10.1 Å². The Morgan fingerprint density at radius 3 is 2.88 bits per heavy atom. The van der Waals surface area contributed by atoms with Crippen LogP contribution < -0.4 is 5.32 Å². The number of halogens is 1. The van der Waals surface area contributed by atoms with E-state index in [0.29, 0.717) is 12.5 Å². The van der Waals surface area contributed by atoms with Gasteiger partial charge in [-0.1, -0.05) is 18.0 Å². The van der Waals surface area contributed by atoms with E-state index in [-0.39, 0.29) is 16.7 Å². The molecule has 0 aromatic carbocycles. The van der Waals surface area contributed by atoms with Crippen LogP contribution in [0.25, 0.3) is 0 Å². The monoisotopic (exact) mass is 242 g/mol. The van der Waals surface area contributed by atoms with Gasteiger partial charge in [-0.15, -0.1) is 0 Å². The van der Waals surface area contributed by atoms with Crippen LogP contribution in [0, 0.1) is 16.0 Å². The molecule has 0 saturated heterocycles. The highest BCUT2D eigenvalue weighted by molar-refractivity contribution is 6.31. The van der Waals surface area contributed by atoms with Crippen LogP contribution in [-0.4, -0.2) is 21.4 Å². The average molecular weight is 243 g/mol. The Hall–Kier alpha value is -1.43. The summed E-state index contributed by atoms with van der Waals surface area (Å²) in [6, 6.07) is 0. The normalized spacial score (nSPS) is 15.6. The fourth-order valence-electron chi connectivity index (χ4n) is 1.59. The number of aromatic nitrogens is 2. The van der Waals surface area contributed by atoms with E-state index in [2.05, 4.69) is 15.3 Å². The van der Waals surface area contributed by atoms with Gasteiger partial charge in [0.25, 0.3) is 0 Å². The fraction of sp³-hybridized carbons (Fsp3) is 0.556. The highest BCUT2D eigenvalue weighted by Crippen LogP contribution is 2.30. The number of hydrogen-bond donors (Lipinski definition) is 1. The number of nitrogens with one attached hydrogen (secondary N) is 1. The lowest BCUT2D eigenvalue weighted by atomic mass is 9.85. The molecule has 0 radical (unpaired) electrons. The predicted molar refractivity (Wildman–Crippen MR) is 59.5 cm³/mol. The second-order valence-electron chi connectivity index (χ2n) is 3.80. The fourth-order valence-corrected chi connectivity index (χ4v) is 1.79. The standard InChI is InChI=1S/C9H11ClN4O2/c10-8-7(14(15)16)9(13-5-12-8)11-4-6-2-1-3-6/h5-6H,1-4H2,(H,11,12,13). The summed E-state index contributed by atoms with van der Waals surface area (Å²) in [6.45, 7) is 0.703. The summed E-state index contributed by atoms with van der Waals surface area (Å²) >= 11 is 5.65. The van der Waals surface area contributed by atoms with Crippen molar-refractivity contribution in [1.82, 2.24) is 9.97 Å². The van der Waals surface area contributed by atoms with Gasteiger partial charge in [0.2, 0.25) is 11.0 Å². The van der Waals surface area contributed by atoms with E-state index in [4.69, 9.17) is 11.6 Å². The molecule has 86 valence electrons. The molecule has 0 aliphatic heterocycles.